The number of nitrogen functional groups attached to an aromatic ring is 1. The van der Waals surface area contributed by atoms with E-state index in [9.17, 15) is 9.90 Å². The largest absolute Gasteiger partial charge is 0.398 e. The van der Waals surface area contributed by atoms with E-state index in [0.29, 0.717) is 29.4 Å². The minimum atomic E-state index is -0.104. The van der Waals surface area contributed by atoms with Gasteiger partial charge in [-0.1, -0.05) is 11.6 Å². The van der Waals surface area contributed by atoms with Crippen LogP contribution in [-0.4, -0.2) is 35.6 Å². The molecule has 1 fully saturated rings. The Labute approximate surface area is 111 Å². The molecule has 1 aliphatic heterocycles. The predicted octanol–water partition coefficient (Wildman–Crippen LogP) is 1.77. The summed E-state index contributed by atoms with van der Waals surface area (Å²) in [7, 11) is 0. The standard InChI is InChI=1S/C13H17ClN2O2/c14-10-3-4-12(15)11(6-10)13(18)16-5-1-2-9(7-16)8-17/h3-4,6,9,17H,1-2,5,7-8,15H2. The highest BCUT2D eigenvalue weighted by atomic mass is 35.5. The van der Waals surface area contributed by atoms with Crippen molar-refractivity contribution in [1.29, 1.82) is 0 Å². The van der Waals surface area contributed by atoms with Gasteiger partial charge in [0, 0.05) is 30.4 Å². The Morgan fingerprint density at radius 3 is 3.06 bits per heavy atom. The summed E-state index contributed by atoms with van der Waals surface area (Å²) in [5.41, 5.74) is 6.69. The van der Waals surface area contributed by atoms with Gasteiger partial charge < -0.3 is 15.7 Å². The first-order chi connectivity index (χ1) is 8.61. The molecule has 1 aliphatic rings. The second-order valence-electron chi connectivity index (χ2n) is 4.67. The van der Waals surface area contributed by atoms with Gasteiger partial charge in [-0.15, -0.1) is 0 Å². The number of anilines is 1. The smallest absolute Gasteiger partial charge is 0.256 e. The fourth-order valence-electron chi connectivity index (χ4n) is 2.28. The molecule has 1 amide bonds. The zero-order valence-corrected chi connectivity index (χ0v) is 10.9. The number of piperidine rings is 1. The first-order valence-corrected chi connectivity index (χ1v) is 6.44. The number of halogens is 1. The third kappa shape index (κ3) is 2.76. The molecule has 0 aliphatic carbocycles. The van der Waals surface area contributed by atoms with E-state index in [1.165, 1.54) is 0 Å². The van der Waals surface area contributed by atoms with Crippen molar-refractivity contribution in [2.75, 3.05) is 25.4 Å². The van der Waals surface area contributed by atoms with Gasteiger partial charge in [-0.25, -0.2) is 0 Å². The van der Waals surface area contributed by atoms with E-state index in [1.807, 2.05) is 0 Å². The Morgan fingerprint density at radius 1 is 1.56 bits per heavy atom. The van der Waals surface area contributed by atoms with Crippen LogP contribution in [0, 0.1) is 5.92 Å². The monoisotopic (exact) mass is 268 g/mol. The molecule has 0 bridgehead atoms. The summed E-state index contributed by atoms with van der Waals surface area (Å²) in [6.45, 7) is 1.41. The Balaban J connectivity index is 2.17. The van der Waals surface area contributed by atoms with Gasteiger partial charge in [-0.2, -0.15) is 0 Å². The lowest BCUT2D eigenvalue weighted by atomic mass is 9.98. The van der Waals surface area contributed by atoms with E-state index < -0.39 is 0 Å². The highest BCUT2D eigenvalue weighted by Gasteiger charge is 2.25. The molecule has 1 saturated heterocycles. The second kappa shape index (κ2) is 5.59. The SMILES string of the molecule is Nc1ccc(Cl)cc1C(=O)N1CCCC(CO)C1. The topological polar surface area (TPSA) is 66.6 Å². The van der Waals surface area contributed by atoms with Crippen molar-refractivity contribution in [1.82, 2.24) is 4.90 Å². The normalized spacial score (nSPS) is 19.9. The van der Waals surface area contributed by atoms with E-state index in [2.05, 4.69) is 0 Å². The number of aliphatic hydroxyl groups is 1. The van der Waals surface area contributed by atoms with E-state index in [0.717, 1.165) is 12.8 Å². The lowest BCUT2D eigenvalue weighted by molar-refractivity contribution is 0.0622. The summed E-state index contributed by atoms with van der Waals surface area (Å²) in [4.78, 5) is 14.1. The quantitative estimate of drug-likeness (QED) is 0.804. The van der Waals surface area contributed by atoms with Gasteiger partial charge in [0.25, 0.3) is 5.91 Å². The Bertz CT molecular complexity index is 451. The van der Waals surface area contributed by atoms with Crippen molar-refractivity contribution in [3.05, 3.63) is 28.8 Å². The van der Waals surface area contributed by atoms with Gasteiger partial charge in [-0.3, -0.25) is 4.79 Å². The summed E-state index contributed by atoms with van der Waals surface area (Å²) >= 11 is 5.89. The van der Waals surface area contributed by atoms with Crippen LogP contribution in [0.2, 0.25) is 5.02 Å². The highest BCUT2D eigenvalue weighted by Crippen LogP contribution is 2.23. The number of nitrogens with zero attached hydrogens (tertiary/aromatic N) is 1. The zero-order chi connectivity index (χ0) is 13.1. The van der Waals surface area contributed by atoms with Crippen LogP contribution in [0.4, 0.5) is 5.69 Å². The molecule has 1 heterocycles. The summed E-state index contributed by atoms with van der Waals surface area (Å²) in [6.07, 6.45) is 1.88. The average molecular weight is 269 g/mol. The van der Waals surface area contributed by atoms with E-state index in [-0.39, 0.29) is 18.4 Å². The van der Waals surface area contributed by atoms with Gasteiger partial charge in [0.15, 0.2) is 0 Å². The third-order valence-corrected chi connectivity index (χ3v) is 3.55. The van der Waals surface area contributed by atoms with Crippen LogP contribution in [0.3, 0.4) is 0 Å². The molecule has 0 saturated carbocycles. The molecule has 2 rings (SSSR count). The minimum absolute atomic E-state index is 0.104. The maximum atomic E-state index is 12.3. The van der Waals surface area contributed by atoms with E-state index in [1.54, 1.807) is 23.1 Å². The van der Waals surface area contributed by atoms with Crippen molar-refractivity contribution in [3.63, 3.8) is 0 Å². The lowest BCUT2D eigenvalue weighted by Crippen LogP contribution is -2.41. The molecule has 1 atom stereocenters. The van der Waals surface area contributed by atoms with Crippen LogP contribution in [0.25, 0.3) is 0 Å². The van der Waals surface area contributed by atoms with Crippen molar-refractivity contribution < 1.29 is 9.90 Å². The average Bonchev–Trinajstić information content (AvgIpc) is 2.41. The van der Waals surface area contributed by atoms with Crippen molar-refractivity contribution in [3.8, 4) is 0 Å². The number of carbonyl (C=O) groups is 1. The second-order valence-corrected chi connectivity index (χ2v) is 5.11. The van der Waals surface area contributed by atoms with Gasteiger partial charge in [0.2, 0.25) is 0 Å². The molecule has 18 heavy (non-hydrogen) atoms. The van der Waals surface area contributed by atoms with E-state index in [4.69, 9.17) is 17.3 Å². The molecule has 1 aromatic rings. The number of carbonyl (C=O) groups excluding carboxylic acids is 1. The highest BCUT2D eigenvalue weighted by molar-refractivity contribution is 6.31. The molecular formula is C13H17ClN2O2. The minimum Gasteiger partial charge on any atom is -0.398 e. The van der Waals surface area contributed by atoms with Crippen molar-refractivity contribution in [2.24, 2.45) is 5.92 Å². The van der Waals surface area contributed by atoms with E-state index >= 15 is 0 Å². The summed E-state index contributed by atoms with van der Waals surface area (Å²) in [5, 5.41) is 9.68. The number of likely N-dealkylation sites (tertiary alicyclic amines) is 1. The Hall–Kier alpha value is -1.26. The Morgan fingerprint density at radius 2 is 2.33 bits per heavy atom. The molecule has 4 nitrogen and oxygen atoms in total. The molecule has 0 aromatic heterocycles. The first-order valence-electron chi connectivity index (χ1n) is 6.07. The summed E-state index contributed by atoms with van der Waals surface area (Å²) in [5.74, 6) is 0.0660. The van der Waals surface area contributed by atoms with Crippen molar-refractivity contribution in [2.45, 2.75) is 12.8 Å². The molecule has 0 spiro atoms. The molecule has 98 valence electrons. The number of aliphatic hydroxyl groups excluding tert-OH is 1. The Kier molecular flexibility index (Phi) is 4.09. The molecule has 0 radical (unpaired) electrons. The zero-order valence-electron chi connectivity index (χ0n) is 10.1. The molecule has 1 aromatic carbocycles. The van der Waals surface area contributed by atoms with Crippen molar-refractivity contribution >= 4 is 23.2 Å². The van der Waals surface area contributed by atoms with Crippen LogP contribution in [0.1, 0.15) is 23.2 Å². The molecular weight excluding hydrogens is 252 g/mol. The number of hydrogen-bond acceptors (Lipinski definition) is 3. The first kappa shape index (κ1) is 13.2. The number of benzene rings is 1. The number of nitrogens with two attached hydrogens (primary N) is 1. The van der Waals surface area contributed by atoms with Gasteiger partial charge in [0.05, 0.1) is 5.56 Å². The van der Waals surface area contributed by atoms with Crippen LogP contribution in [-0.2, 0) is 0 Å². The molecule has 5 heteroatoms. The number of hydrogen-bond donors (Lipinski definition) is 2. The number of amides is 1. The van der Waals surface area contributed by atoms with Crippen LogP contribution in [0.5, 0.6) is 0 Å². The number of rotatable bonds is 2. The maximum Gasteiger partial charge on any atom is 0.256 e. The molecule has 1 unspecified atom stereocenters. The summed E-state index contributed by atoms with van der Waals surface area (Å²) < 4.78 is 0. The van der Waals surface area contributed by atoms with Gasteiger partial charge in [0.1, 0.15) is 0 Å². The lowest BCUT2D eigenvalue weighted by Gasteiger charge is -2.32. The van der Waals surface area contributed by atoms with Crippen LogP contribution >= 0.6 is 11.6 Å². The molecule has 3 N–H and O–H groups in total. The third-order valence-electron chi connectivity index (χ3n) is 3.31. The van der Waals surface area contributed by atoms with Crippen LogP contribution in [0.15, 0.2) is 18.2 Å². The fourth-order valence-corrected chi connectivity index (χ4v) is 2.45. The maximum absolute atomic E-state index is 12.3. The van der Waals surface area contributed by atoms with Gasteiger partial charge in [-0.05, 0) is 37.0 Å². The predicted molar refractivity (Wildman–Crippen MR) is 71.6 cm³/mol. The summed E-state index contributed by atoms with van der Waals surface area (Å²) in [6, 6.07) is 4.91. The van der Waals surface area contributed by atoms with Gasteiger partial charge >= 0.3 is 0 Å². The fraction of sp³-hybridized carbons (Fsp3) is 0.462. The van der Waals surface area contributed by atoms with Crippen LogP contribution < -0.4 is 5.73 Å².